The first-order valence-corrected chi connectivity index (χ1v) is 5.52. The minimum atomic E-state index is -0.529. The predicted octanol–water partition coefficient (Wildman–Crippen LogP) is 2.02. The number of nitrogens with one attached hydrogen (secondary N) is 1. The maximum Gasteiger partial charge on any atom is 0.263 e. The number of amides is 1. The lowest BCUT2D eigenvalue weighted by Crippen LogP contribution is -2.17. The standard InChI is InChI=1S/C10H6FNO2S2/c11-6-2-1-5(7(13)4-6)3-8-9(14)12-10(15)16-8/h1-4,13H,(H,12,14,15)/b8-3-. The van der Waals surface area contributed by atoms with Crippen LogP contribution in [0.25, 0.3) is 6.08 Å². The molecule has 1 aromatic carbocycles. The maximum atomic E-state index is 12.7. The highest BCUT2D eigenvalue weighted by Crippen LogP contribution is 2.28. The van der Waals surface area contributed by atoms with Crippen LogP contribution in [0.1, 0.15) is 5.56 Å². The van der Waals surface area contributed by atoms with Gasteiger partial charge in [0.1, 0.15) is 15.9 Å². The van der Waals surface area contributed by atoms with Crippen molar-refractivity contribution in [3.8, 4) is 5.75 Å². The summed E-state index contributed by atoms with van der Waals surface area (Å²) in [7, 11) is 0. The second-order valence-corrected chi connectivity index (χ2v) is 4.77. The van der Waals surface area contributed by atoms with Crippen molar-refractivity contribution in [2.75, 3.05) is 0 Å². The van der Waals surface area contributed by atoms with Crippen molar-refractivity contribution < 1.29 is 14.3 Å². The summed E-state index contributed by atoms with van der Waals surface area (Å²) in [6.45, 7) is 0. The van der Waals surface area contributed by atoms with Crippen molar-refractivity contribution in [3.63, 3.8) is 0 Å². The molecule has 0 saturated carbocycles. The van der Waals surface area contributed by atoms with E-state index in [4.69, 9.17) is 12.2 Å². The average molecular weight is 255 g/mol. The van der Waals surface area contributed by atoms with Crippen molar-refractivity contribution in [1.82, 2.24) is 5.32 Å². The fourth-order valence-electron chi connectivity index (χ4n) is 1.20. The smallest absolute Gasteiger partial charge is 0.263 e. The first kappa shape index (κ1) is 11.1. The van der Waals surface area contributed by atoms with Crippen molar-refractivity contribution >= 4 is 40.3 Å². The van der Waals surface area contributed by atoms with E-state index in [0.29, 0.717) is 14.8 Å². The van der Waals surface area contributed by atoms with Crippen molar-refractivity contribution in [2.24, 2.45) is 0 Å². The number of phenolic OH excluding ortho intramolecular Hbond substituents is 1. The number of benzene rings is 1. The number of rotatable bonds is 1. The summed E-state index contributed by atoms with van der Waals surface area (Å²) in [5.41, 5.74) is 0.378. The van der Waals surface area contributed by atoms with E-state index in [9.17, 15) is 14.3 Å². The number of aromatic hydroxyl groups is 1. The number of phenols is 1. The zero-order valence-corrected chi connectivity index (χ0v) is 9.49. The summed E-state index contributed by atoms with van der Waals surface area (Å²) in [6, 6.07) is 3.59. The van der Waals surface area contributed by atoms with E-state index >= 15 is 0 Å². The first-order chi connectivity index (χ1) is 7.56. The number of halogens is 1. The molecule has 0 aromatic heterocycles. The van der Waals surface area contributed by atoms with E-state index in [1.54, 1.807) is 0 Å². The zero-order valence-electron chi connectivity index (χ0n) is 7.86. The van der Waals surface area contributed by atoms with Gasteiger partial charge < -0.3 is 10.4 Å². The van der Waals surface area contributed by atoms with Crippen LogP contribution in [0.5, 0.6) is 5.75 Å². The van der Waals surface area contributed by atoms with Crippen LogP contribution in [0.3, 0.4) is 0 Å². The first-order valence-electron chi connectivity index (χ1n) is 4.29. The molecule has 0 bridgehead atoms. The summed E-state index contributed by atoms with van der Waals surface area (Å²) in [4.78, 5) is 11.7. The van der Waals surface area contributed by atoms with Crippen LogP contribution in [0.2, 0.25) is 0 Å². The van der Waals surface area contributed by atoms with Crippen LogP contribution >= 0.6 is 24.0 Å². The number of carbonyl (C=O) groups is 1. The molecule has 3 nitrogen and oxygen atoms in total. The fraction of sp³-hybridized carbons (Fsp3) is 0. The van der Waals surface area contributed by atoms with Gasteiger partial charge in [-0.05, 0) is 18.2 Å². The van der Waals surface area contributed by atoms with Crippen LogP contribution in [-0.4, -0.2) is 15.3 Å². The molecular formula is C10H6FNO2S2. The Kier molecular flexibility index (Phi) is 2.93. The topological polar surface area (TPSA) is 49.3 Å². The Hall–Kier alpha value is -1.40. The molecule has 0 unspecified atom stereocenters. The monoisotopic (exact) mass is 255 g/mol. The van der Waals surface area contributed by atoms with Gasteiger partial charge in [-0.3, -0.25) is 4.79 Å². The maximum absolute atomic E-state index is 12.7. The third-order valence-electron chi connectivity index (χ3n) is 1.92. The number of carbonyl (C=O) groups excluding carboxylic acids is 1. The molecule has 0 atom stereocenters. The average Bonchev–Trinajstić information content (AvgIpc) is 2.50. The van der Waals surface area contributed by atoms with Gasteiger partial charge >= 0.3 is 0 Å². The van der Waals surface area contributed by atoms with E-state index in [1.807, 2.05) is 0 Å². The molecular weight excluding hydrogens is 249 g/mol. The largest absolute Gasteiger partial charge is 0.507 e. The van der Waals surface area contributed by atoms with Crippen molar-refractivity contribution in [2.45, 2.75) is 0 Å². The summed E-state index contributed by atoms with van der Waals surface area (Å²) in [5, 5.41) is 11.9. The number of hydrogen-bond acceptors (Lipinski definition) is 4. The molecule has 1 aliphatic heterocycles. The normalized spacial score (nSPS) is 17.9. The predicted molar refractivity (Wildman–Crippen MR) is 64.4 cm³/mol. The third-order valence-corrected chi connectivity index (χ3v) is 3.08. The highest BCUT2D eigenvalue weighted by Gasteiger charge is 2.22. The molecule has 1 aromatic rings. The Morgan fingerprint density at radius 1 is 1.50 bits per heavy atom. The Labute approximate surface area is 100 Å². The van der Waals surface area contributed by atoms with E-state index in [0.717, 1.165) is 17.8 Å². The van der Waals surface area contributed by atoms with Gasteiger partial charge in [0.05, 0.1) is 4.91 Å². The molecule has 2 N–H and O–H groups in total. The molecule has 16 heavy (non-hydrogen) atoms. The Morgan fingerprint density at radius 2 is 2.25 bits per heavy atom. The van der Waals surface area contributed by atoms with Gasteiger partial charge in [0.2, 0.25) is 0 Å². The van der Waals surface area contributed by atoms with Crippen LogP contribution in [0.15, 0.2) is 23.1 Å². The van der Waals surface area contributed by atoms with E-state index in [1.165, 1.54) is 18.2 Å². The Bertz CT molecular complexity index is 514. The van der Waals surface area contributed by atoms with Gasteiger partial charge in [-0.25, -0.2) is 4.39 Å². The number of thiocarbonyl (C=S) groups is 1. The van der Waals surface area contributed by atoms with Crippen molar-refractivity contribution in [3.05, 3.63) is 34.5 Å². The molecule has 0 aliphatic carbocycles. The number of thioether (sulfide) groups is 1. The van der Waals surface area contributed by atoms with Gasteiger partial charge in [-0.2, -0.15) is 0 Å². The Morgan fingerprint density at radius 3 is 2.81 bits per heavy atom. The van der Waals surface area contributed by atoms with Gasteiger partial charge in [0, 0.05) is 11.6 Å². The molecule has 1 fully saturated rings. The highest BCUT2D eigenvalue weighted by atomic mass is 32.2. The third kappa shape index (κ3) is 2.23. The van der Waals surface area contributed by atoms with Gasteiger partial charge in [-0.1, -0.05) is 24.0 Å². The van der Waals surface area contributed by atoms with Crippen LogP contribution in [-0.2, 0) is 4.79 Å². The van der Waals surface area contributed by atoms with Gasteiger partial charge in [-0.15, -0.1) is 0 Å². The quantitative estimate of drug-likeness (QED) is 0.595. The Balaban J connectivity index is 2.36. The summed E-state index contributed by atoms with van der Waals surface area (Å²) in [5.74, 6) is -1.05. The summed E-state index contributed by atoms with van der Waals surface area (Å²) >= 11 is 5.92. The van der Waals surface area contributed by atoms with E-state index in [2.05, 4.69) is 5.32 Å². The summed E-state index contributed by atoms with van der Waals surface area (Å²) < 4.78 is 13.1. The minimum absolute atomic E-state index is 0.210. The molecule has 1 amide bonds. The molecule has 82 valence electrons. The highest BCUT2D eigenvalue weighted by molar-refractivity contribution is 8.26. The molecule has 0 radical (unpaired) electrons. The zero-order chi connectivity index (χ0) is 11.7. The molecule has 2 rings (SSSR count). The van der Waals surface area contributed by atoms with Crippen LogP contribution in [0, 0.1) is 5.82 Å². The second kappa shape index (κ2) is 4.23. The van der Waals surface area contributed by atoms with E-state index in [-0.39, 0.29) is 11.7 Å². The van der Waals surface area contributed by atoms with Gasteiger partial charge in [0.25, 0.3) is 5.91 Å². The van der Waals surface area contributed by atoms with Crippen molar-refractivity contribution in [1.29, 1.82) is 0 Å². The second-order valence-electron chi connectivity index (χ2n) is 3.06. The fourth-order valence-corrected chi connectivity index (χ4v) is 2.24. The number of hydrogen-bond donors (Lipinski definition) is 2. The molecule has 1 aliphatic rings. The molecule has 1 heterocycles. The van der Waals surface area contributed by atoms with Crippen LogP contribution in [0.4, 0.5) is 4.39 Å². The summed E-state index contributed by atoms with van der Waals surface area (Å²) in [6.07, 6.45) is 1.47. The van der Waals surface area contributed by atoms with E-state index < -0.39 is 5.82 Å². The lowest BCUT2D eigenvalue weighted by Gasteiger charge is -1.99. The van der Waals surface area contributed by atoms with Gasteiger partial charge in [0.15, 0.2) is 0 Å². The van der Waals surface area contributed by atoms with Crippen LogP contribution < -0.4 is 5.32 Å². The SMILES string of the molecule is O=C1NC(=S)S/C1=C\c1ccc(F)cc1O. The molecule has 6 heteroatoms. The lowest BCUT2D eigenvalue weighted by molar-refractivity contribution is -0.115. The molecule has 1 saturated heterocycles. The lowest BCUT2D eigenvalue weighted by atomic mass is 10.2. The molecule has 0 spiro atoms. The minimum Gasteiger partial charge on any atom is -0.507 e.